The summed E-state index contributed by atoms with van der Waals surface area (Å²) in [6.07, 6.45) is 4.20. The molecule has 0 saturated heterocycles. The molecule has 2 aromatic rings. The Morgan fingerprint density at radius 2 is 2.12 bits per heavy atom. The number of amides is 1. The molecule has 0 unspecified atom stereocenters. The van der Waals surface area contributed by atoms with Crippen LogP contribution in [0.2, 0.25) is 0 Å². The third-order valence-electron chi connectivity index (χ3n) is 4.05. The minimum atomic E-state index is -0.0475. The molecule has 0 spiro atoms. The van der Waals surface area contributed by atoms with Gasteiger partial charge in [-0.25, -0.2) is 0 Å². The summed E-state index contributed by atoms with van der Waals surface area (Å²) in [5, 5.41) is 8.60. The van der Waals surface area contributed by atoms with Gasteiger partial charge in [-0.2, -0.15) is 5.26 Å². The van der Waals surface area contributed by atoms with Crippen LogP contribution in [0.4, 0.5) is 5.69 Å². The number of hydrogen-bond acceptors (Lipinski definition) is 4. The standard InChI is InChI=1S/C20H18N2O3/c1-24-19-14-15(6-8-18(19)25-13-11-21)7-9-20(23)22-12-10-16-4-2-3-5-17(16)22/h2-9,14H,10,12-13H2,1H3/b9-7+. The lowest BCUT2D eigenvalue weighted by atomic mass is 10.1. The Hall–Kier alpha value is -3.26. The average molecular weight is 334 g/mol. The van der Waals surface area contributed by atoms with Gasteiger partial charge in [0.25, 0.3) is 5.91 Å². The first-order valence-electron chi connectivity index (χ1n) is 7.98. The zero-order valence-corrected chi connectivity index (χ0v) is 13.9. The Bertz CT molecular complexity index is 852. The predicted molar refractivity (Wildman–Crippen MR) is 95.6 cm³/mol. The van der Waals surface area contributed by atoms with Gasteiger partial charge in [0.05, 0.1) is 7.11 Å². The maximum Gasteiger partial charge on any atom is 0.251 e. The second-order valence-corrected chi connectivity index (χ2v) is 5.56. The molecule has 0 radical (unpaired) electrons. The van der Waals surface area contributed by atoms with E-state index in [2.05, 4.69) is 6.07 Å². The molecule has 1 amide bonds. The molecule has 1 aliphatic heterocycles. The largest absolute Gasteiger partial charge is 0.493 e. The van der Waals surface area contributed by atoms with E-state index in [0.717, 1.165) is 17.7 Å². The van der Waals surface area contributed by atoms with Crippen LogP contribution in [0.1, 0.15) is 11.1 Å². The minimum Gasteiger partial charge on any atom is -0.493 e. The molecule has 126 valence electrons. The molecule has 25 heavy (non-hydrogen) atoms. The number of ether oxygens (including phenoxy) is 2. The van der Waals surface area contributed by atoms with Crippen LogP contribution < -0.4 is 14.4 Å². The van der Waals surface area contributed by atoms with Crippen molar-refractivity contribution in [1.82, 2.24) is 0 Å². The molecular weight excluding hydrogens is 316 g/mol. The van der Waals surface area contributed by atoms with E-state index in [-0.39, 0.29) is 12.5 Å². The molecule has 2 aromatic carbocycles. The van der Waals surface area contributed by atoms with Gasteiger partial charge < -0.3 is 14.4 Å². The Morgan fingerprint density at radius 1 is 1.28 bits per heavy atom. The van der Waals surface area contributed by atoms with Crippen molar-refractivity contribution in [2.75, 3.05) is 25.2 Å². The molecule has 1 heterocycles. The van der Waals surface area contributed by atoms with Crippen molar-refractivity contribution >= 4 is 17.7 Å². The van der Waals surface area contributed by atoms with E-state index in [9.17, 15) is 4.79 Å². The Kier molecular flexibility index (Phi) is 5.00. The zero-order chi connectivity index (χ0) is 17.6. The first-order chi connectivity index (χ1) is 12.2. The molecule has 0 saturated carbocycles. The van der Waals surface area contributed by atoms with E-state index in [0.29, 0.717) is 18.0 Å². The number of hydrogen-bond donors (Lipinski definition) is 0. The molecular formula is C20H18N2O3. The maximum absolute atomic E-state index is 12.5. The van der Waals surface area contributed by atoms with E-state index in [4.69, 9.17) is 14.7 Å². The third kappa shape index (κ3) is 3.64. The van der Waals surface area contributed by atoms with Crippen molar-refractivity contribution in [3.8, 4) is 17.6 Å². The van der Waals surface area contributed by atoms with Crippen molar-refractivity contribution < 1.29 is 14.3 Å². The van der Waals surface area contributed by atoms with Gasteiger partial charge in [0.1, 0.15) is 6.07 Å². The number of methoxy groups -OCH3 is 1. The topological polar surface area (TPSA) is 62.6 Å². The predicted octanol–water partition coefficient (Wildman–Crippen LogP) is 3.20. The van der Waals surface area contributed by atoms with Gasteiger partial charge in [0.15, 0.2) is 18.1 Å². The van der Waals surface area contributed by atoms with E-state index in [1.54, 1.807) is 29.2 Å². The fourth-order valence-electron chi connectivity index (χ4n) is 2.84. The lowest BCUT2D eigenvalue weighted by molar-refractivity contribution is -0.114. The molecule has 0 atom stereocenters. The highest BCUT2D eigenvalue weighted by Gasteiger charge is 2.22. The Labute approximate surface area is 146 Å². The summed E-state index contributed by atoms with van der Waals surface area (Å²) in [6.45, 7) is 0.658. The molecule has 5 heteroatoms. The van der Waals surface area contributed by atoms with Gasteiger partial charge in [-0.3, -0.25) is 4.79 Å². The van der Waals surface area contributed by atoms with Crippen LogP contribution >= 0.6 is 0 Å². The highest BCUT2D eigenvalue weighted by molar-refractivity contribution is 6.05. The molecule has 5 nitrogen and oxygen atoms in total. The number of benzene rings is 2. The molecule has 0 fully saturated rings. The summed E-state index contributed by atoms with van der Waals surface area (Å²) in [5.41, 5.74) is 3.00. The second-order valence-electron chi connectivity index (χ2n) is 5.56. The van der Waals surface area contributed by atoms with Gasteiger partial charge in [-0.15, -0.1) is 0 Å². The van der Waals surface area contributed by atoms with Gasteiger partial charge >= 0.3 is 0 Å². The van der Waals surface area contributed by atoms with Crippen molar-refractivity contribution in [1.29, 1.82) is 5.26 Å². The van der Waals surface area contributed by atoms with Crippen LogP contribution in [0, 0.1) is 11.3 Å². The van der Waals surface area contributed by atoms with Gasteiger partial charge in [0, 0.05) is 18.3 Å². The Balaban J connectivity index is 1.74. The summed E-state index contributed by atoms with van der Waals surface area (Å²) in [4.78, 5) is 14.3. The van der Waals surface area contributed by atoms with Crippen LogP contribution in [0.5, 0.6) is 11.5 Å². The minimum absolute atomic E-state index is 0.0433. The van der Waals surface area contributed by atoms with E-state index >= 15 is 0 Å². The molecule has 1 aliphatic rings. The normalized spacial score (nSPS) is 12.7. The molecule has 0 bridgehead atoms. The first kappa shape index (κ1) is 16.6. The molecule has 0 aliphatic carbocycles. The highest BCUT2D eigenvalue weighted by atomic mass is 16.5. The number of anilines is 1. The zero-order valence-electron chi connectivity index (χ0n) is 13.9. The number of carbonyl (C=O) groups excluding carboxylic acids is 1. The van der Waals surface area contributed by atoms with Crippen LogP contribution in [0.25, 0.3) is 6.08 Å². The summed E-state index contributed by atoms with van der Waals surface area (Å²) < 4.78 is 10.6. The third-order valence-corrected chi connectivity index (χ3v) is 4.05. The van der Waals surface area contributed by atoms with E-state index in [1.807, 2.05) is 30.3 Å². The number of para-hydroxylation sites is 1. The van der Waals surface area contributed by atoms with Crippen molar-refractivity contribution in [2.24, 2.45) is 0 Å². The van der Waals surface area contributed by atoms with Gasteiger partial charge in [-0.1, -0.05) is 24.3 Å². The van der Waals surface area contributed by atoms with Crippen LogP contribution in [-0.2, 0) is 11.2 Å². The van der Waals surface area contributed by atoms with Crippen LogP contribution in [-0.4, -0.2) is 26.2 Å². The fraction of sp³-hybridized carbons (Fsp3) is 0.200. The smallest absolute Gasteiger partial charge is 0.251 e. The summed E-state index contributed by atoms with van der Waals surface area (Å²) in [5.74, 6) is 0.978. The van der Waals surface area contributed by atoms with Crippen molar-refractivity contribution in [2.45, 2.75) is 6.42 Å². The summed E-state index contributed by atoms with van der Waals surface area (Å²) >= 11 is 0. The lowest BCUT2D eigenvalue weighted by Gasteiger charge is -2.14. The number of fused-ring (bicyclic) bond motifs is 1. The van der Waals surface area contributed by atoms with Crippen LogP contribution in [0.3, 0.4) is 0 Å². The highest BCUT2D eigenvalue weighted by Crippen LogP contribution is 2.29. The maximum atomic E-state index is 12.5. The van der Waals surface area contributed by atoms with E-state index in [1.165, 1.54) is 12.7 Å². The Morgan fingerprint density at radius 3 is 2.92 bits per heavy atom. The quantitative estimate of drug-likeness (QED) is 0.788. The van der Waals surface area contributed by atoms with E-state index < -0.39 is 0 Å². The summed E-state index contributed by atoms with van der Waals surface area (Å²) in [6, 6.07) is 15.2. The van der Waals surface area contributed by atoms with Gasteiger partial charge in [-0.05, 0) is 41.8 Å². The second kappa shape index (κ2) is 7.54. The van der Waals surface area contributed by atoms with Crippen molar-refractivity contribution in [3.63, 3.8) is 0 Å². The molecule has 3 rings (SSSR count). The van der Waals surface area contributed by atoms with Gasteiger partial charge in [0.2, 0.25) is 0 Å². The fourth-order valence-corrected chi connectivity index (χ4v) is 2.84. The molecule has 0 aromatic heterocycles. The number of carbonyl (C=O) groups is 1. The summed E-state index contributed by atoms with van der Waals surface area (Å²) in [7, 11) is 1.54. The number of nitriles is 1. The molecule has 0 N–H and O–H groups in total. The number of rotatable bonds is 5. The van der Waals surface area contributed by atoms with Crippen molar-refractivity contribution in [3.05, 3.63) is 59.7 Å². The monoisotopic (exact) mass is 334 g/mol. The van der Waals surface area contributed by atoms with Crippen LogP contribution in [0.15, 0.2) is 48.5 Å². The average Bonchev–Trinajstić information content (AvgIpc) is 3.09. The lowest BCUT2D eigenvalue weighted by Crippen LogP contribution is -2.26. The number of nitrogens with zero attached hydrogens (tertiary/aromatic N) is 2. The SMILES string of the molecule is COc1cc(/C=C/C(=O)N2CCc3ccccc32)ccc1OCC#N. The first-order valence-corrected chi connectivity index (χ1v) is 7.98.